The van der Waals surface area contributed by atoms with E-state index in [1.807, 2.05) is 55.5 Å². The Balaban J connectivity index is 1.39. The van der Waals surface area contributed by atoms with Gasteiger partial charge in [-0.2, -0.15) is 0 Å². The van der Waals surface area contributed by atoms with Crippen LogP contribution in [0.5, 0.6) is 5.75 Å². The van der Waals surface area contributed by atoms with E-state index in [-0.39, 0.29) is 17.0 Å². The second-order valence-corrected chi connectivity index (χ2v) is 11.0. The Morgan fingerprint density at radius 3 is 2.35 bits per heavy atom. The lowest BCUT2D eigenvalue weighted by atomic mass is 9.66. The largest absolute Gasteiger partial charge is 0.423 e. The Morgan fingerprint density at radius 1 is 0.892 bits per heavy atom. The van der Waals surface area contributed by atoms with Crippen molar-refractivity contribution in [3.63, 3.8) is 0 Å². The molecule has 37 heavy (non-hydrogen) atoms. The number of esters is 1. The first kappa shape index (κ1) is 23.3. The number of hydrogen-bond acceptors (Lipinski definition) is 5. The molecular formula is C32H27NO4. The highest BCUT2D eigenvalue weighted by Gasteiger charge is 2.50. The first-order valence-electron chi connectivity index (χ1n) is 12.6. The first-order chi connectivity index (χ1) is 17.7. The van der Waals surface area contributed by atoms with Crippen molar-refractivity contribution in [2.45, 2.75) is 39.5 Å². The van der Waals surface area contributed by atoms with E-state index in [1.54, 1.807) is 24.3 Å². The van der Waals surface area contributed by atoms with E-state index in [1.165, 1.54) is 0 Å². The third-order valence-electron chi connectivity index (χ3n) is 7.55. The summed E-state index contributed by atoms with van der Waals surface area (Å²) in [5.41, 5.74) is 5.82. The molecule has 2 atom stereocenters. The molecule has 1 heterocycles. The van der Waals surface area contributed by atoms with E-state index in [2.05, 4.69) is 13.8 Å². The lowest BCUT2D eigenvalue weighted by Gasteiger charge is -2.38. The molecular weight excluding hydrogens is 462 g/mol. The maximum atomic E-state index is 13.6. The minimum Gasteiger partial charge on any atom is -0.423 e. The highest BCUT2D eigenvalue weighted by Crippen LogP contribution is 2.51. The molecule has 0 amide bonds. The number of benzene rings is 3. The van der Waals surface area contributed by atoms with Gasteiger partial charge in [0.15, 0.2) is 11.6 Å². The fourth-order valence-corrected chi connectivity index (χ4v) is 5.93. The van der Waals surface area contributed by atoms with Gasteiger partial charge < -0.3 is 4.74 Å². The number of ether oxygens (including phenoxy) is 1. The second-order valence-electron chi connectivity index (χ2n) is 11.0. The summed E-state index contributed by atoms with van der Waals surface area (Å²) in [5.74, 6) is -0.934. The molecule has 0 saturated heterocycles. The lowest BCUT2D eigenvalue weighted by molar-refractivity contribution is -0.118. The molecule has 0 spiro atoms. The van der Waals surface area contributed by atoms with Crippen LogP contribution in [0, 0.1) is 18.3 Å². The second kappa shape index (κ2) is 8.48. The monoisotopic (exact) mass is 489 g/mol. The number of ketones is 2. The lowest BCUT2D eigenvalue weighted by Crippen LogP contribution is -2.37. The predicted molar refractivity (Wildman–Crippen MR) is 141 cm³/mol. The SMILES string of the molecule is Cc1cccc(C(=O)Oc2ccc([C@@H]3C4=C(CC(C)(C)CC4=O)N=C4c5ccccc5C(=O)[C@@H]43)cc2)c1. The van der Waals surface area contributed by atoms with E-state index in [4.69, 9.17) is 9.73 Å². The molecule has 1 aliphatic heterocycles. The maximum Gasteiger partial charge on any atom is 0.343 e. The number of fused-ring (bicyclic) bond motifs is 3. The van der Waals surface area contributed by atoms with Crippen molar-refractivity contribution in [1.82, 2.24) is 0 Å². The van der Waals surface area contributed by atoms with Crippen LogP contribution in [-0.4, -0.2) is 23.2 Å². The number of hydrogen-bond donors (Lipinski definition) is 0. The van der Waals surface area contributed by atoms with Gasteiger partial charge in [0.25, 0.3) is 0 Å². The van der Waals surface area contributed by atoms with Gasteiger partial charge in [-0.25, -0.2) is 4.79 Å². The molecule has 0 radical (unpaired) electrons. The van der Waals surface area contributed by atoms with Gasteiger partial charge in [-0.05, 0) is 48.6 Å². The van der Waals surface area contributed by atoms with Crippen molar-refractivity contribution in [3.05, 3.63) is 112 Å². The zero-order valence-electron chi connectivity index (χ0n) is 21.1. The Bertz CT molecular complexity index is 1540. The van der Waals surface area contributed by atoms with Crippen LogP contribution in [0.2, 0.25) is 0 Å². The summed E-state index contributed by atoms with van der Waals surface area (Å²) in [5, 5.41) is 0. The molecule has 184 valence electrons. The smallest absolute Gasteiger partial charge is 0.343 e. The Hall–Kier alpha value is -4.12. The zero-order chi connectivity index (χ0) is 25.9. The summed E-state index contributed by atoms with van der Waals surface area (Å²) < 4.78 is 5.60. The molecule has 5 nitrogen and oxygen atoms in total. The number of allylic oxidation sites excluding steroid dienone is 2. The van der Waals surface area contributed by atoms with E-state index >= 15 is 0 Å². The Kier molecular flexibility index (Phi) is 5.34. The third-order valence-corrected chi connectivity index (χ3v) is 7.55. The maximum absolute atomic E-state index is 13.6. The van der Waals surface area contributed by atoms with Gasteiger partial charge in [-0.1, -0.05) is 67.9 Å². The molecule has 3 aromatic rings. The quantitative estimate of drug-likeness (QED) is 0.322. The summed E-state index contributed by atoms with van der Waals surface area (Å²) in [6, 6.07) is 22.0. The molecule has 0 fully saturated rings. The van der Waals surface area contributed by atoms with Crippen LogP contribution < -0.4 is 4.74 Å². The summed E-state index contributed by atoms with van der Waals surface area (Å²) in [4.78, 5) is 44.7. The van der Waals surface area contributed by atoms with Crippen molar-refractivity contribution in [3.8, 4) is 5.75 Å². The van der Waals surface area contributed by atoms with E-state index < -0.39 is 17.8 Å². The van der Waals surface area contributed by atoms with Crippen LogP contribution in [0.1, 0.15) is 70.0 Å². The molecule has 3 aliphatic rings. The number of aryl methyl sites for hydroxylation is 1. The number of carbonyl (C=O) groups is 3. The van der Waals surface area contributed by atoms with Gasteiger partial charge in [-0.3, -0.25) is 14.6 Å². The number of Topliss-reactive ketones (excluding diaryl/α,β-unsaturated/α-hetero) is 2. The summed E-state index contributed by atoms with van der Waals surface area (Å²) in [6.07, 6.45) is 1.11. The van der Waals surface area contributed by atoms with Gasteiger partial charge in [0.1, 0.15) is 5.75 Å². The number of aliphatic imine (C=N–C) groups is 1. The molecule has 5 heteroatoms. The molecule has 3 aromatic carbocycles. The first-order valence-corrected chi connectivity index (χ1v) is 12.6. The topological polar surface area (TPSA) is 72.8 Å². The van der Waals surface area contributed by atoms with Crippen LogP contribution in [0.4, 0.5) is 0 Å². The van der Waals surface area contributed by atoms with Crippen LogP contribution in [0.25, 0.3) is 0 Å². The van der Waals surface area contributed by atoms with Crippen molar-refractivity contribution >= 4 is 23.2 Å². The van der Waals surface area contributed by atoms with Crippen molar-refractivity contribution < 1.29 is 19.1 Å². The molecule has 2 aliphatic carbocycles. The van der Waals surface area contributed by atoms with Crippen molar-refractivity contribution in [1.29, 1.82) is 0 Å². The van der Waals surface area contributed by atoms with Gasteiger partial charge in [0.05, 0.1) is 17.2 Å². The standard InChI is InChI=1S/C32H27NO4/c1-18-7-6-8-20(15-18)31(36)37-21-13-11-19(12-14-21)26-27-24(16-32(2,3)17-25(27)34)33-29-22-9-4-5-10-23(22)30(35)28(26)29/h4-15,26,28H,16-17H2,1-3H3/t26-,28-/m1/s1. The summed E-state index contributed by atoms with van der Waals surface area (Å²) in [6.45, 7) is 6.09. The molecule has 0 N–H and O–H groups in total. The van der Waals surface area contributed by atoms with Crippen LogP contribution in [0.15, 0.2) is 89.1 Å². The minimum absolute atomic E-state index is 0.00140. The predicted octanol–water partition coefficient (Wildman–Crippen LogP) is 6.26. The Morgan fingerprint density at radius 2 is 1.62 bits per heavy atom. The fraction of sp³-hybridized carbons (Fsp3) is 0.250. The van der Waals surface area contributed by atoms with Crippen molar-refractivity contribution in [2.24, 2.45) is 16.3 Å². The highest BCUT2D eigenvalue weighted by molar-refractivity contribution is 6.30. The van der Waals surface area contributed by atoms with Crippen molar-refractivity contribution in [2.75, 3.05) is 0 Å². The zero-order valence-corrected chi connectivity index (χ0v) is 21.1. The minimum atomic E-state index is -0.540. The Labute approximate surface area is 215 Å². The van der Waals surface area contributed by atoms with Gasteiger partial charge in [0.2, 0.25) is 0 Å². The van der Waals surface area contributed by atoms with E-state index in [0.717, 1.165) is 28.1 Å². The molecule has 0 aromatic heterocycles. The summed E-state index contributed by atoms with van der Waals surface area (Å²) in [7, 11) is 0. The molecule has 0 unspecified atom stereocenters. The van der Waals surface area contributed by atoms with Crippen LogP contribution >= 0.6 is 0 Å². The highest BCUT2D eigenvalue weighted by atomic mass is 16.5. The fourth-order valence-electron chi connectivity index (χ4n) is 5.93. The van der Waals surface area contributed by atoms with Gasteiger partial charge in [-0.15, -0.1) is 0 Å². The number of rotatable bonds is 3. The third kappa shape index (κ3) is 3.95. The van der Waals surface area contributed by atoms with Gasteiger partial charge >= 0.3 is 5.97 Å². The molecule has 0 saturated carbocycles. The normalized spacial score (nSPS) is 21.6. The van der Waals surface area contributed by atoms with E-state index in [9.17, 15) is 14.4 Å². The molecule has 0 bridgehead atoms. The summed E-state index contributed by atoms with van der Waals surface area (Å²) >= 11 is 0. The van der Waals surface area contributed by atoms with Crippen LogP contribution in [-0.2, 0) is 4.79 Å². The van der Waals surface area contributed by atoms with Gasteiger partial charge in [0, 0.05) is 34.7 Å². The average Bonchev–Trinajstić information content (AvgIpc) is 3.14. The number of carbonyl (C=O) groups excluding carboxylic acids is 3. The van der Waals surface area contributed by atoms with Crippen LogP contribution in [0.3, 0.4) is 0 Å². The number of nitrogens with zero attached hydrogens (tertiary/aromatic N) is 1. The molecule has 6 rings (SSSR count). The van der Waals surface area contributed by atoms with E-state index in [0.29, 0.717) is 35.3 Å². The average molecular weight is 490 g/mol.